The van der Waals surface area contributed by atoms with E-state index in [1.165, 1.54) is 42.4 Å². The van der Waals surface area contributed by atoms with Gasteiger partial charge in [0.15, 0.2) is 0 Å². The molecule has 0 fully saturated rings. The molecule has 6 aromatic carbocycles. The largest absolute Gasteiger partial charge is 0.456 e. The number of nitrogens with zero attached hydrogens (tertiary/aromatic N) is 2. The van der Waals surface area contributed by atoms with Crippen LogP contribution < -0.4 is 4.90 Å². The molecule has 2 aromatic heterocycles. The van der Waals surface area contributed by atoms with Gasteiger partial charge in [0.25, 0.3) is 0 Å². The normalized spacial score (nSPS) is 12.8. The average Bonchev–Trinajstić information content (AvgIpc) is 3.62. The van der Waals surface area contributed by atoms with Crippen molar-refractivity contribution in [2.45, 2.75) is 6.42 Å². The molecule has 9 rings (SSSR count). The van der Waals surface area contributed by atoms with Gasteiger partial charge in [-0.2, -0.15) is 0 Å². The number of rotatable bonds is 4. The fraction of sp³-hybridized carbons (Fsp3) is 0.0513. The Hall–Kier alpha value is -5.19. The summed E-state index contributed by atoms with van der Waals surface area (Å²) in [7, 11) is 0. The number of thiophene rings is 1. The van der Waals surface area contributed by atoms with Gasteiger partial charge in [0.1, 0.15) is 11.2 Å². The van der Waals surface area contributed by atoms with E-state index >= 15 is 0 Å². The molecule has 3 heterocycles. The van der Waals surface area contributed by atoms with Gasteiger partial charge in [-0.1, -0.05) is 66.7 Å². The highest BCUT2D eigenvalue weighted by atomic mass is 32.1. The fourth-order valence-corrected chi connectivity index (χ4v) is 7.66. The molecule has 204 valence electrons. The van der Waals surface area contributed by atoms with Crippen LogP contribution in [-0.4, -0.2) is 12.8 Å². The van der Waals surface area contributed by atoms with Gasteiger partial charge >= 0.3 is 0 Å². The Morgan fingerprint density at radius 1 is 0.605 bits per heavy atom. The van der Waals surface area contributed by atoms with E-state index in [1.54, 1.807) is 0 Å². The molecule has 0 unspecified atom stereocenters. The minimum absolute atomic E-state index is 0.852. The highest BCUT2D eigenvalue weighted by Crippen LogP contribution is 2.46. The quantitative estimate of drug-likeness (QED) is 0.211. The first kappa shape index (κ1) is 24.4. The van der Waals surface area contributed by atoms with Gasteiger partial charge < -0.3 is 9.32 Å². The second-order valence-corrected chi connectivity index (χ2v) is 12.2. The molecule has 0 amide bonds. The summed E-state index contributed by atoms with van der Waals surface area (Å²) in [4.78, 5) is 6.92. The van der Waals surface area contributed by atoms with Crippen LogP contribution in [0.25, 0.3) is 53.2 Å². The lowest BCUT2D eigenvalue weighted by atomic mass is 9.99. The van der Waals surface area contributed by atoms with E-state index in [0.717, 1.165) is 52.0 Å². The lowest BCUT2D eigenvalue weighted by molar-refractivity contribution is 0.669. The van der Waals surface area contributed by atoms with E-state index in [4.69, 9.17) is 4.42 Å². The monoisotopic (exact) mass is 570 g/mol. The first-order chi connectivity index (χ1) is 21.3. The van der Waals surface area contributed by atoms with Crippen molar-refractivity contribution in [3.05, 3.63) is 139 Å². The molecule has 8 aromatic rings. The molecular formula is C39H26N2OS. The van der Waals surface area contributed by atoms with E-state index in [1.807, 2.05) is 29.7 Å². The Morgan fingerprint density at radius 3 is 2.30 bits per heavy atom. The summed E-state index contributed by atoms with van der Waals surface area (Å²) in [6, 6.07) is 45.7. The fourth-order valence-electron chi connectivity index (χ4n) is 6.50. The highest BCUT2D eigenvalue weighted by molar-refractivity contribution is 7.26. The first-order valence-corrected chi connectivity index (χ1v) is 15.5. The summed E-state index contributed by atoms with van der Waals surface area (Å²) in [6.45, 7) is 0.852. The van der Waals surface area contributed by atoms with Gasteiger partial charge in [-0.05, 0) is 83.3 Å². The molecule has 0 aliphatic carbocycles. The predicted molar refractivity (Wildman–Crippen MR) is 183 cm³/mol. The smallest absolute Gasteiger partial charge is 0.137 e. The third-order valence-corrected chi connectivity index (χ3v) is 9.69. The minimum atomic E-state index is 0.852. The van der Waals surface area contributed by atoms with Crippen LogP contribution in [0.15, 0.2) is 137 Å². The molecule has 1 aliphatic heterocycles. The summed E-state index contributed by atoms with van der Waals surface area (Å²) in [5, 5.41) is 4.86. The van der Waals surface area contributed by atoms with Gasteiger partial charge in [0.2, 0.25) is 0 Å². The standard InChI is InChI=1S/C39H26N2OS/c1-2-7-25(8-3-1)26-13-15-29(16-14-26)41(30-17-18-32-31-9-4-5-11-35(31)42-36(32)23-30)34-10-6-12-37-39(34)33-21-27-19-20-40-24-28(27)22-38(33)43-37/h1-18,21-24H,19-20H2. The molecule has 1 aliphatic rings. The summed E-state index contributed by atoms with van der Waals surface area (Å²) in [5.74, 6) is 0. The molecule has 0 N–H and O–H groups in total. The van der Waals surface area contributed by atoms with E-state index in [-0.39, 0.29) is 0 Å². The summed E-state index contributed by atoms with van der Waals surface area (Å²) < 4.78 is 8.93. The van der Waals surface area contributed by atoms with E-state index < -0.39 is 0 Å². The molecule has 0 atom stereocenters. The zero-order chi connectivity index (χ0) is 28.3. The summed E-state index contributed by atoms with van der Waals surface area (Å²) in [5.41, 5.74) is 10.2. The molecule has 0 saturated heterocycles. The van der Waals surface area contributed by atoms with E-state index in [0.29, 0.717) is 0 Å². The number of benzene rings is 6. The SMILES string of the molecule is C1=NCCc2cc3c(cc21)sc1cccc(N(c2ccc(-c4ccccc4)cc2)c2ccc4c(c2)oc2ccccc24)c13. The van der Waals surface area contributed by atoms with Crippen molar-refractivity contribution in [3.63, 3.8) is 0 Å². The van der Waals surface area contributed by atoms with E-state index in [9.17, 15) is 0 Å². The number of para-hydroxylation sites is 1. The second-order valence-electron chi connectivity index (χ2n) is 11.1. The van der Waals surface area contributed by atoms with Crippen molar-refractivity contribution in [1.82, 2.24) is 0 Å². The molecule has 4 heteroatoms. The van der Waals surface area contributed by atoms with Crippen molar-refractivity contribution in [2.75, 3.05) is 11.4 Å². The van der Waals surface area contributed by atoms with Crippen molar-refractivity contribution >= 4 is 76.7 Å². The maximum Gasteiger partial charge on any atom is 0.137 e. The zero-order valence-corrected chi connectivity index (χ0v) is 24.1. The number of furan rings is 1. The Balaban J connectivity index is 1.28. The van der Waals surface area contributed by atoms with Crippen molar-refractivity contribution in [3.8, 4) is 11.1 Å². The number of fused-ring (bicyclic) bond motifs is 7. The van der Waals surface area contributed by atoms with Crippen LogP contribution in [0.2, 0.25) is 0 Å². The molecule has 0 spiro atoms. The number of hydrogen-bond donors (Lipinski definition) is 0. The lowest BCUT2D eigenvalue weighted by Gasteiger charge is -2.26. The summed E-state index contributed by atoms with van der Waals surface area (Å²) in [6.07, 6.45) is 3.02. The maximum absolute atomic E-state index is 6.36. The average molecular weight is 571 g/mol. The van der Waals surface area contributed by atoms with Crippen LogP contribution >= 0.6 is 11.3 Å². The topological polar surface area (TPSA) is 28.7 Å². The summed E-state index contributed by atoms with van der Waals surface area (Å²) >= 11 is 1.85. The van der Waals surface area contributed by atoms with Gasteiger partial charge in [0.05, 0.1) is 5.69 Å². The molecule has 0 saturated carbocycles. The van der Waals surface area contributed by atoms with Crippen molar-refractivity contribution < 1.29 is 4.42 Å². The van der Waals surface area contributed by atoms with Crippen LogP contribution in [0.5, 0.6) is 0 Å². The van der Waals surface area contributed by atoms with Crippen LogP contribution in [0, 0.1) is 0 Å². The van der Waals surface area contributed by atoms with Crippen molar-refractivity contribution in [2.24, 2.45) is 4.99 Å². The predicted octanol–water partition coefficient (Wildman–Crippen LogP) is 11.1. The Bertz CT molecular complexity index is 2350. The van der Waals surface area contributed by atoms with Crippen LogP contribution in [-0.2, 0) is 6.42 Å². The van der Waals surface area contributed by atoms with Gasteiger partial charge in [-0.3, -0.25) is 4.99 Å². The molecule has 43 heavy (non-hydrogen) atoms. The Kier molecular flexibility index (Phi) is 5.50. The Morgan fingerprint density at radius 2 is 1.40 bits per heavy atom. The third kappa shape index (κ3) is 3.98. The number of anilines is 3. The zero-order valence-electron chi connectivity index (χ0n) is 23.3. The van der Waals surface area contributed by atoms with Gasteiger partial charge in [0, 0.05) is 61.1 Å². The van der Waals surface area contributed by atoms with Crippen LogP contribution in [0.3, 0.4) is 0 Å². The Labute approximate surface area is 253 Å². The number of aliphatic imine (C=N–C) groups is 1. The number of hydrogen-bond acceptors (Lipinski definition) is 4. The van der Waals surface area contributed by atoms with Gasteiger partial charge in [-0.25, -0.2) is 0 Å². The second kappa shape index (κ2) is 9.69. The highest BCUT2D eigenvalue weighted by Gasteiger charge is 2.21. The first-order valence-electron chi connectivity index (χ1n) is 14.7. The maximum atomic E-state index is 6.36. The van der Waals surface area contributed by atoms with Crippen LogP contribution in [0.4, 0.5) is 17.1 Å². The molecule has 0 bridgehead atoms. The molecule has 3 nitrogen and oxygen atoms in total. The van der Waals surface area contributed by atoms with E-state index in [2.05, 4.69) is 125 Å². The molecule has 0 radical (unpaired) electrons. The van der Waals surface area contributed by atoms with Crippen LogP contribution in [0.1, 0.15) is 11.1 Å². The lowest BCUT2D eigenvalue weighted by Crippen LogP contribution is -2.10. The minimum Gasteiger partial charge on any atom is -0.456 e. The van der Waals surface area contributed by atoms with Crippen molar-refractivity contribution in [1.29, 1.82) is 0 Å². The molecular weight excluding hydrogens is 545 g/mol. The third-order valence-electron chi connectivity index (χ3n) is 8.57. The van der Waals surface area contributed by atoms with Gasteiger partial charge in [-0.15, -0.1) is 11.3 Å².